The molecule has 0 fully saturated rings. The summed E-state index contributed by atoms with van der Waals surface area (Å²) in [5.74, 6) is -0.714. The summed E-state index contributed by atoms with van der Waals surface area (Å²) in [5, 5.41) is 9.07. The standard InChI is InChI=1S/C26H29N3O6/c1-5-33-20-13-11-19(12-14-20)24(30)28-22(16(2)3)26(32)34-23(18-9-7-6-8-10-18)25(31)27-21-15-17(4)35-29-21/h6-16,22-23H,5H2,1-4H3,(H,28,30)(H,27,29,31)/t22-,23?/m0/s1. The number of amides is 2. The maximum Gasteiger partial charge on any atom is 0.330 e. The molecule has 0 aliphatic carbocycles. The van der Waals surface area contributed by atoms with Crippen molar-refractivity contribution in [2.45, 2.75) is 39.8 Å². The number of aromatic nitrogens is 1. The molecular weight excluding hydrogens is 450 g/mol. The Bertz CT molecular complexity index is 1140. The second-order valence-electron chi connectivity index (χ2n) is 8.19. The summed E-state index contributed by atoms with van der Waals surface area (Å²) in [6, 6.07) is 15.8. The number of nitrogens with zero attached hydrogens (tertiary/aromatic N) is 1. The van der Waals surface area contributed by atoms with Crippen LogP contribution in [0.1, 0.15) is 48.6 Å². The van der Waals surface area contributed by atoms with E-state index in [0.717, 1.165) is 0 Å². The van der Waals surface area contributed by atoms with E-state index in [2.05, 4.69) is 15.8 Å². The topological polar surface area (TPSA) is 120 Å². The number of ether oxygens (including phenoxy) is 2. The summed E-state index contributed by atoms with van der Waals surface area (Å²) >= 11 is 0. The van der Waals surface area contributed by atoms with Crippen molar-refractivity contribution in [2.24, 2.45) is 5.92 Å². The van der Waals surface area contributed by atoms with Crippen molar-refractivity contribution in [3.8, 4) is 5.75 Å². The van der Waals surface area contributed by atoms with Gasteiger partial charge >= 0.3 is 5.97 Å². The molecule has 3 aromatic rings. The number of nitrogens with one attached hydrogen (secondary N) is 2. The second-order valence-corrected chi connectivity index (χ2v) is 8.19. The molecule has 3 rings (SSSR count). The van der Waals surface area contributed by atoms with E-state index in [0.29, 0.717) is 29.2 Å². The highest BCUT2D eigenvalue weighted by atomic mass is 16.5. The maximum atomic E-state index is 13.2. The van der Waals surface area contributed by atoms with Crippen LogP contribution in [0, 0.1) is 12.8 Å². The van der Waals surface area contributed by atoms with Crippen molar-refractivity contribution in [1.82, 2.24) is 10.5 Å². The Morgan fingerprint density at radius 3 is 2.29 bits per heavy atom. The Morgan fingerprint density at radius 1 is 1.03 bits per heavy atom. The molecular formula is C26H29N3O6. The molecule has 0 radical (unpaired) electrons. The number of carbonyl (C=O) groups is 3. The lowest BCUT2D eigenvalue weighted by Crippen LogP contribution is -2.46. The number of hydrogen-bond acceptors (Lipinski definition) is 7. The predicted octanol–water partition coefficient (Wildman–Crippen LogP) is 4.06. The van der Waals surface area contributed by atoms with Crippen LogP contribution in [0.2, 0.25) is 0 Å². The number of esters is 1. The zero-order chi connectivity index (χ0) is 25.4. The van der Waals surface area contributed by atoms with Crippen molar-refractivity contribution in [3.05, 3.63) is 77.6 Å². The maximum absolute atomic E-state index is 13.2. The zero-order valence-electron chi connectivity index (χ0n) is 20.1. The first-order chi connectivity index (χ1) is 16.8. The van der Waals surface area contributed by atoms with Gasteiger partial charge in [-0.25, -0.2) is 4.79 Å². The highest BCUT2D eigenvalue weighted by Gasteiger charge is 2.32. The quantitative estimate of drug-likeness (QED) is 0.421. The molecule has 35 heavy (non-hydrogen) atoms. The van der Waals surface area contributed by atoms with Crippen LogP contribution in [0.5, 0.6) is 5.75 Å². The number of rotatable bonds is 10. The molecule has 2 N–H and O–H groups in total. The molecule has 2 aromatic carbocycles. The predicted molar refractivity (Wildman–Crippen MR) is 129 cm³/mol. The molecule has 0 spiro atoms. The minimum absolute atomic E-state index is 0.202. The van der Waals surface area contributed by atoms with Crippen LogP contribution in [-0.2, 0) is 14.3 Å². The van der Waals surface area contributed by atoms with Crippen LogP contribution in [0.3, 0.4) is 0 Å². The van der Waals surface area contributed by atoms with E-state index in [1.54, 1.807) is 81.4 Å². The minimum Gasteiger partial charge on any atom is -0.494 e. The van der Waals surface area contributed by atoms with Crippen LogP contribution in [-0.4, -0.2) is 35.6 Å². The Hall–Kier alpha value is -4.14. The van der Waals surface area contributed by atoms with Crippen LogP contribution < -0.4 is 15.4 Å². The Balaban J connectivity index is 1.76. The summed E-state index contributed by atoms with van der Waals surface area (Å²) in [5.41, 5.74) is 0.838. The largest absolute Gasteiger partial charge is 0.494 e. The second kappa shape index (κ2) is 11.8. The highest BCUT2D eigenvalue weighted by molar-refractivity contribution is 5.98. The zero-order valence-corrected chi connectivity index (χ0v) is 20.1. The molecule has 2 atom stereocenters. The first kappa shape index (κ1) is 25.5. The van der Waals surface area contributed by atoms with Gasteiger partial charge in [-0.05, 0) is 44.0 Å². The number of anilines is 1. The Labute approximate surface area is 203 Å². The van der Waals surface area contributed by atoms with Crippen molar-refractivity contribution < 1.29 is 28.4 Å². The van der Waals surface area contributed by atoms with Gasteiger partial charge in [-0.2, -0.15) is 0 Å². The number of benzene rings is 2. The monoisotopic (exact) mass is 479 g/mol. The van der Waals surface area contributed by atoms with Gasteiger partial charge in [0.05, 0.1) is 6.61 Å². The van der Waals surface area contributed by atoms with Crippen LogP contribution in [0.15, 0.2) is 65.2 Å². The fourth-order valence-electron chi connectivity index (χ4n) is 3.30. The van der Waals surface area contributed by atoms with Gasteiger partial charge in [-0.1, -0.05) is 49.3 Å². The van der Waals surface area contributed by atoms with Crippen molar-refractivity contribution in [2.75, 3.05) is 11.9 Å². The van der Waals surface area contributed by atoms with E-state index in [1.807, 2.05) is 6.92 Å². The minimum atomic E-state index is -1.26. The van der Waals surface area contributed by atoms with Crippen LogP contribution in [0.4, 0.5) is 5.82 Å². The van der Waals surface area contributed by atoms with Gasteiger partial charge in [0.15, 0.2) is 5.82 Å². The first-order valence-electron chi connectivity index (χ1n) is 11.3. The van der Waals surface area contributed by atoms with Gasteiger partial charge in [0.1, 0.15) is 17.6 Å². The van der Waals surface area contributed by atoms with Gasteiger partial charge in [0, 0.05) is 17.2 Å². The third kappa shape index (κ3) is 6.92. The van der Waals surface area contributed by atoms with Gasteiger partial charge in [0.2, 0.25) is 6.10 Å². The van der Waals surface area contributed by atoms with Crippen LogP contribution >= 0.6 is 0 Å². The number of hydrogen-bond donors (Lipinski definition) is 2. The summed E-state index contributed by atoms with van der Waals surface area (Å²) in [6.45, 7) is 7.63. The smallest absolute Gasteiger partial charge is 0.330 e. The normalized spacial score (nSPS) is 12.5. The molecule has 0 saturated heterocycles. The third-order valence-corrected chi connectivity index (χ3v) is 5.09. The van der Waals surface area contributed by atoms with Gasteiger partial charge in [-0.15, -0.1) is 0 Å². The molecule has 0 aliphatic rings. The van der Waals surface area contributed by atoms with E-state index in [1.165, 1.54) is 0 Å². The summed E-state index contributed by atoms with van der Waals surface area (Å²) in [6.07, 6.45) is -1.26. The first-order valence-corrected chi connectivity index (χ1v) is 11.3. The van der Waals surface area contributed by atoms with E-state index in [-0.39, 0.29) is 11.7 Å². The van der Waals surface area contributed by atoms with E-state index >= 15 is 0 Å². The van der Waals surface area contributed by atoms with E-state index < -0.39 is 29.9 Å². The lowest BCUT2D eigenvalue weighted by molar-refractivity contribution is -0.157. The molecule has 184 valence electrons. The number of carbonyl (C=O) groups excluding carboxylic acids is 3. The summed E-state index contributed by atoms with van der Waals surface area (Å²) in [7, 11) is 0. The third-order valence-electron chi connectivity index (χ3n) is 5.09. The van der Waals surface area contributed by atoms with Crippen molar-refractivity contribution in [1.29, 1.82) is 0 Å². The fourth-order valence-corrected chi connectivity index (χ4v) is 3.30. The van der Waals surface area contributed by atoms with Gasteiger partial charge in [0.25, 0.3) is 11.8 Å². The molecule has 1 unspecified atom stereocenters. The summed E-state index contributed by atoms with van der Waals surface area (Å²) < 4.78 is 16.0. The van der Waals surface area contributed by atoms with Gasteiger partial charge in [-0.3, -0.25) is 9.59 Å². The van der Waals surface area contributed by atoms with Crippen LogP contribution in [0.25, 0.3) is 0 Å². The summed E-state index contributed by atoms with van der Waals surface area (Å²) in [4.78, 5) is 39.0. The molecule has 0 bridgehead atoms. The van der Waals surface area contributed by atoms with Gasteiger partial charge < -0.3 is 24.6 Å². The molecule has 1 heterocycles. The molecule has 0 saturated carbocycles. The molecule has 1 aromatic heterocycles. The fraction of sp³-hybridized carbons (Fsp3) is 0.308. The molecule has 2 amide bonds. The lowest BCUT2D eigenvalue weighted by atomic mass is 10.0. The molecule has 0 aliphatic heterocycles. The van der Waals surface area contributed by atoms with Crippen molar-refractivity contribution >= 4 is 23.6 Å². The Kier molecular flexibility index (Phi) is 8.61. The molecule has 9 nitrogen and oxygen atoms in total. The average Bonchev–Trinajstić information content (AvgIpc) is 3.25. The highest BCUT2D eigenvalue weighted by Crippen LogP contribution is 2.22. The Morgan fingerprint density at radius 2 is 1.71 bits per heavy atom. The van der Waals surface area contributed by atoms with E-state index in [9.17, 15) is 14.4 Å². The lowest BCUT2D eigenvalue weighted by Gasteiger charge is -2.24. The number of aryl methyl sites for hydroxylation is 1. The van der Waals surface area contributed by atoms with E-state index in [4.69, 9.17) is 14.0 Å². The average molecular weight is 480 g/mol. The van der Waals surface area contributed by atoms with Crippen molar-refractivity contribution in [3.63, 3.8) is 0 Å². The SMILES string of the molecule is CCOc1ccc(C(=O)N[C@H](C(=O)OC(C(=O)Nc2cc(C)on2)c2ccccc2)C(C)C)cc1. The molecule has 9 heteroatoms.